The molecular formula is C25H22F3N3O2. The van der Waals surface area contributed by atoms with Gasteiger partial charge in [-0.15, -0.1) is 0 Å². The van der Waals surface area contributed by atoms with Crippen LogP contribution in [0.1, 0.15) is 36.2 Å². The van der Waals surface area contributed by atoms with E-state index in [0.717, 1.165) is 6.07 Å². The molecule has 0 fully saturated rings. The minimum atomic E-state index is -2.90. The summed E-state index contributed by atoms with van der Waals surface area (Å²) in [5.41, 5.74) is 1.71. The Morgan fingerprint density at radius 2 is 1.82 bits per heavy atom. The number of fused-ring (bicyclic) bond motifs is 1. The first-order chi connectivity index (χ1) is 15.8. The second kappa shape index (κ2) is 8.97. The monoisotopic (exact) mass is 453 g/mol. The van der Waals surface area contributed by atoms with Crippen LogP contribution in [0.2, 0.25) is 0 Å². The molecule has 0 saturated heterocycles. The van der Waals surface area contributed by atoms with Crippen molar-refractivity contribution >= 4 is 16.6 Å². The average molecular weight is 453 g/mol. The fraction of sp³-hybridized carbons (Fsp3) is 0.200. The maximum atomic E-state index is 14.7. The molecule has 0 unspecified atom stereocenters. The molecule has 4 aromatic rings. The van der Waals surface area contributed by atoms with Gasteiger partial charge in [0.1, 0.15) is 11.6 Å². The van der Waals surface area contributed by atoms with Crippen molar-refractivity contribution in [3.05, 3.63) is 93.8 Å². The molecule has 0 bridgehead atoms. The number of benzene rings is 2. The lowest BCUT2D eigenvalue weighted by molar-refractivity contribution is 0.146. The van der Waals surface area contributed by atoms with Crippen molar-refractivity contribution in [1.82, 2.24) is 9.55 Å². The predicted octanol–water partition coefficient (Wildman–Crippen LogP) is 5.95. The second-order valence-corrected chi connectivity index (χ2v) is 7.68. The van der Waals surface area contributed by atoms with Gasteiger partial charge >= 0.3 is 0 Å². The Balaban J connectivity index is 1.85. The summed E-state index contributed by atoms with van der Waals surface area (Å²) in [6.07, 6.45) is -1.27. The highest BCUT2D eigenvalue weighted by Crippen LogP contribution is 2.35. The summed E-state index contributed by atoms with van der Waals surface area (Å²) >= 11 is 0. The van der Waals surface area contributed by atoms with E-state index >= 15 is 0 Å². The van der Waals surface area contributed by atoms with Crippen molar-refractivity contribution in [2.45, 2.75) is 26.3 Å². The summed E-state index contributed by atoms with van der Waals surface area (Å²) in [5.74, 6) is -0.468. The number of anilines is 1. The Morgan fingerprint density at radius 1 is 1.06 bits per heavy atom. The van der Waals surface area contributed by atoms with E-state index in [0.29, 0.717) is 33.7 Å². The molecule has 5 nitrogen and oxygen atoms in total. The standard InChI is InChI=1S/C25H22F3N3O2/c1-14-11-19(30-15(2)16-7-6-8-17(24(16)26)25(27)28)18-12-21(22(33-3)13-20(18)29-14)31-10-5-4-9-23(31)32/h4-13,15,25H,1-3H3,(H,29,30)/t15-/m1/s1. The molecule has 170 valence electrons. The molecule has 33 heavy (non-hydrogen) atoms. The lowest BCUT2D eigenvalue weighted by Crippen LogP contribution is -2.16. The molecule has 2 aromatic carbocycles. The molecule has 0 radical (unpaired) electrons. The fourth-order valence-corrected chi connectivity index (χ4v) is 3.85. The van der Waals surface area contributed by atoms with Gasteiger partial charge in [0.05, 0.1) is 29.9 Å². The number of pyridine rings is 2. The first-order valence-corrected chi connectivity index (χ1v) is 10.3. The van der Waals surface area contributed by atoms with E-state index in [1.54, 1.807) is 43.5 Å². The van der Waals surface area contributed by atoms with E-state index < -0.39 is 23.8 Å². The van der Waals surface area contributed by atoms with Gasteiger partial charge in [-0.25, -0.2) is 13.2 Å². The first-order valence-electron chi connectivity index (χ1n) is 10.3. The zero-order chi connectivity index (χ0) is 23.7. The van der Waals surface area contributed by atoms with Crippen molar-refractivity contribution in [3.63, 3.8) is 0 Å². The van der Waals surface area contributed by atoms with E-state index in [1.165, 1.54) is 29.9 Å². The summed E-state index contributed by atoms with van der Waals surface area (Å²) in [4.78, 5) is 17.0. The van der Waals surface area contributed by atoms with E-state index in [1.807, 2.05) is 6.92 Å². The molecule has 0 aliphatic heterocycles. The third-order valence-electron chi connectivity index (χ3n) is 5.45. The van der Waals surface area contributed by atoms with Gasteiger partial charge in [0.2, 0.25) is 0 Å². The molecule has 0 spiro atoms. The van der Waals surface area contributed by atoms with Gasteiger partial charge in [-0.3, -0.25) is 14.3 Å². The van der Waals surface area contributed by atoms with Gasteiger partial charge in [0, 0.05) is 40.7 Å². The number of aromatic nitrogens is 2. The highest BCUT2D eigenvalue weighted by molar-refractivity contribution is 5.94. The van der Waals surface area contributed by atoms with Crippen LogP contribution in [0.3, 0.4) is 0 Å². The highest BCUT2D eigenvalue weighted by atomic mass is 19.3. The first kappa shape index (κ1) is 22.4. The highest BCUT2D eigenvalue weighted by Gasteiger charge is 2.20. The molecular weight excluding hydrogens is 431 g/mol. The van der Waals surface area contributed by atoms with Crippen LogP contribution >= 0.6 is 0 Å². The number of methoxy groups -OCH3 is 1. The molecule has 0 aliphatic carbocycles. The van der Waals surface area contributed by atoms with Gasteiger partial charge < -0.3 is 10.1 Å². The van der Waals surface area contributed by atoms with E-state index in [9.17, 15) is 18.0 Å². The Hall–Kier alpha value is -3.81. The van der Waals surface area contributed by atoms with Gasteiger partial charge in [-0.1, -0.05) is 24.3 Å². The quantitative estimate of drug-likeness (QED) is 0.392. The second-order valence-electron chi connectivity index (χ2n) is 7.68. The Bertz CT molecular complexity index is 1390. The molecule has 1 atom stereocenters. The molecule has 2 aromatic heterocycles. The molecule has 8 heteroatoms. The number of hydrogen-bond acceptors (Lipinski definition) is 4. The van der Waals surface area contributed by atoms with Crippen molar-refractivity contribution in [2.75, 3.05) is 12.4 Å². The van der Waals surface area contributed by atoms with Crippen LogP contribution in [0, 0.1) is 12.7 Å². The number of nitrogens with one attached hydrogen (secondary N) is 1. The van der Waals surface area contributed by atoms with Crippen molar-refractivity contribution < 1.29 is 17.9 Å². The lowest BCUT2D eigenvalue weighted by Gasteiger charge is -2.20. The number of aryl methyl sites for hydroxylation is 1. The third kappa shape index (κ3) is 4.28. The van der Waals surface area contributed by atoms with Crippen LogP contribution < -0.4 is 15.6 Å². The van der Waals surface area contributed by atoms with Gasteiger partial charge in [-0.2, -0.15) is 0 Å². The van der Waals surface area contributed by atoms with Gasteiger partial charge in [-0.05, 0) is 32.0 Å². The normalized spacial score (nSPS) is 12.2. The fourth-order valence-electron chi connectivity index (χ4n) is 3.85. The Labute approximate surface area is 188 Å². The van der Waals surface area contributed by atoms with Gasteiger partial charge in [0.15, 0.2) is 0 Å². The maximum Gasteiger partial charge on any atom is 0.266 e. The zero-order valence-corrected chi connectivity index (χ0v) is 18.3. The lowest BCUT2D eigenvalue weighted by atomic mass is 10.0. The Morgan fingerprint density at radius 3 is 2.52 bits per heavy atom. The summed E-state index contributed by atoms with van der Waals surface area (Å²) in [7, 11) is 1.51. The number of ether oxygens (including phenoxy) is 1. The molecule has 2 heterocycles. The Kier molecular flexibility index (Phi) is 6.09. The smallest absolute Gasteiger partial charge is 0.266 e. The zero-order valence-electron chi connectivity index (χ0n) is 18.3. The molecule has 0 aliphatic rings. The molecule has 1 N–H and O–H groups in total. The number of nitrogens with zero attached hydrogens (tertiary/aromatic N) is 2. The van der Waals surface area contributed by atoms with E-state index in [4.69, 9.17) is 4.74 Å². The minimum Gasteiger partial charge on any atom is -0.494 e. The number of alkyl halides is 2. The minimum absolute atomic E-state index is 0.128. The summed E-state index contributed by atoms with van der Waals surface area (Å²) in [6, 6.07) is 13.5. The van der Waals surface area contributed by atoms with Crippen LogP contribution in [0.25, 0.3) is 16.6 Å². The van der Waals surface area contributed by atoms with Crippen molar-refractivity contribution in [2.24, 2.45) is 0 Å². The molecule has 4 rings (SSSR count). The molecule has 0 saturated carbocycles. The number of rotatable bonds is 6. The van der Waals surface area contributed by atoms with Crippen LogP contribution in [0.5, 0.6) is 5.75 Å². The largest absolute Gasteiger partial charge is 0.494 e. The maximum absolute atomic E-state index is 14.7. The SMILES string of the molecule is COc1cc2nc(C)cc(N[C@H](C)c3cccc(C(F)F)c3F)c2cc1-n1ccccc1=O. The predicted molar refractivity (Wildman–Crippen MR) is 122 cm³/mol. The van der Waals surface area contributed by atoms with Crippen LogP contribution in [0.15, 0.2) is 65.6 Å². The van der Waals surface area contributed by atoms with E-state index in [-0.39, 0.29) is 11.1 Å². The summed E-state index contributed by atoms with van der Waals surface area (Å²) in [6.45, 7) is 3.51. The third-order valence-corrected chi connectivity index (χ3v) is 5.45. The average Bonchev–Trinajstić information content (AvgIpc) is 2.78. The number of hydrogen-bond donors (Lipinski definition) is 1. The topological polar surface area (TPSA) is 56.1 Å². The van der Waals surface area contributed by atoms with Gasteiger partial charge in [0.25, 0.3) is 12.0 Å². The van der Waals surface area contributed by atoms with E-state index in [2.05, 4.69) is 10.3 Å². The van der Waals surface area contributed by atoms with Crippen LogP contribution in [-0.2, 0) is 0 Å². The van der Waals surface area contributed by atoms with Crippen LogP contribution in [0.4, 0.5) is 18.9 Å². The van der Waals surface area contributed by atoms with Crippen molar-refractivity contribution in [3.8, 4) is 11.4 Å². The molecule has 0 amide bonds. The van der Waals surface area contributed by atoms with Crippen molar-refractivity contribution in [1.29, 1.82) is 0 Å². The van der Waals surface area contributed by atoms with Crippen LogP contribution in [-0.4, -0.2) is 16.7 Å². The number of halogens is 3. The summed E-state index contributed by atoms with van der Waals surface area (Å²) in [5, 5.41) is 3.90. The summed E-state index contributed by atoms with van der Waals surface area (Å²) < 4.78 is 48.0.